The molecule has 10 heteroatoms. The van der Waals surface area contributed by atoms with Crippen molar-refractivity contribution in [3.8, 4) is 22.6 Å². The van der Waals surface area contributed by atoms with Crippen LogP contribution in [0.4, 0.5) is 4.39 Å². The summed E-state index contributed by atoms with van der Waals surface area (Å²) in [4.78, 5) is 24.8. The van der Waals surface area contributed by atoms with Crippen LogP contribution >= 0.6 is 7.37 Å². The largest absolute Gasteiger partial charge is 0.493 e. The molecule has 0 spiro atoms. The van der Waals surface area contributed by atoms with Crippen molar-refractivity contribution in [2.45, 2.75) is 31.0 Å². The van der Waals surface area contributed by atoms with Crippen molar-refractivity contribution in [2.24, 2.45) is 5.73 Å². The molecule has 8 nitrogen and oxygen atoms in total. The Morgan fingerprint density at radius 1 is 1.18 bits per heavy atom. The molecule has 34 heavy (non-hydrogen) atoms. The summed E-state index contributed by atoms with van der Waals surface area (Å²) in [6.45, 7) is 0.890. The number of aliphatic carboxylic acids is 1. The fourth-order valence-corrected chi connectivity index (χ4v) is 6.73. The number of benzene rings is 2. The van der Waals surface area contributed by atoms with Gasteiger partial charge in [-0.1, -0.05) is 18.6 Å². The minimum absolute atomic E-state index is 0.0660. The van der Waals surface area contributed by atoms with Crippen molar-refractivity contribution in [2.75, 3.05) is 40.0 Å². The number of hydrogen-bond donors (Lipinski definition) is 3. The highest BCUT2D eigenvalue weighted by molar-refractivity contribution is 7.61. The molecule has 2 aromatic carbocycles. The van der Waals surface area contributed by atoms with Crippen molar-refractivity contribution in [3.05, 3.63) is 47.8 Å². The third-order valence-corrected chi connectivity index (χ3v) is 9.18. The third-order valence-electron chi connectivity index (χ3n) is 6.48. The van der Waals surface area contributed by atoms with Gasteiger partial charge in [0.05, 0.1) is 14.2 Å². The first kappa shape index (κ1) is 26.2. The van der Waals surface area contributed by atoms with Gasteiger partial charge in [0.15, 0.2) is 16.7 Å². The lowest BCUT2D eigenvalue weighted by Crippen LogP contribution is -2.53. The molecule has 0 saturated carbocycles. The molecule has 1 heterocycles. The lowest BCUT2D eigenvalue weighted by atomic mass is 9.96. The Balaban J connectivity index is 1.94. The van der Waals surface area contributed by atoms with Crippen molar-refractivity contribution < 1.29 is 33.2 Å². The number of methoxy groups -OCH3 is 2. The number of ether oxygens (including phenoxy) is 2. The van der Waals surface area contributed by atoms with Crippen LogP contribution in [0, 0.1) is 5.82 Å². The molecule has 0 bridgehead atoms. The van der Waals surface area contributed by atoms with E-state index < -0.39 is 24.3 Å². The molecular weight excluding hydrogens is 462 g/mol. The van der Waals surface area contributed by atoms with E-state index in [9.17, 15) is 23.7 Å². The summed E-state index contributed by atoms with van der Waals surface area (Å²) in [5.41, 5.74) is 7.65. The van der Waals surface area contributed by atoms with Crippen LogP contribution < -0.4 is 15.2 Å². The van der Waals surface area contributed by atoms with E-state index in [2.05, 4.69) is 0 Å². The molecule has 4 N–H and O–H groups in total. The number of carboxylic acid groups (broad SMARTS) is 1. The quantitative estimate of drug-likeness (QED) is 0.339. The van der Waals surface area contributed by atoms with Crippen molar-refractivity contribution in [1.29, 1.82) is 0 Å². The van der Waals surface area contributed by atoms with Gasteiger partial charge in [0.25, 0.3) is 0 Å². The van der Waals surface area contributed by atoms with E-state index >= 15 is 0 Å². The maximum atomic E-state index is 14.2. The van der Waals surface area contributed by atoms with Gasteiger partial charge >= 0.3 is 5.97 Å². The number of nitrogens with zero attached hydrogens (tertiary/aromatic N) is 1. The Morgan fingerprint density at radius 2 is 1.91 bits per heavy atom. The molecule has 0 aromatic heterocycles. The predicted molar refractivity (Wildman–Crippen MR) is 128 cm³/mol. The summed E-state index contributed by atoms with van der Waals surface area (Å²) in [5, 5.41) is 8.27. The van der Waals surface area contributed by atoms with E-state index in [0.29, 0.717) is 48.6 Å². The molecule has 1 fully saturated rings. The fourth-order valence-electron chi connectivity index (χ4n) is 4.52. The summed E-state index contributed by atoms with van der Waals surface area (Å²) in [7, 11) is -0.886. The highest BCUT2D eigenvalue weighted by Crippen LogP contribution is 2.59. The van der Waals surface area contributed by atoms with Crippen molar-refractivity contribution in [1.82, 2.24) is 4.90 Å². The van der Waals surface area contributed by atoms with Gasteiger partial charge in [-0.05, 0) is 60.3 Å². The summed E-state index contributed by atoms with van der Waals surface area (Å²) in [5.74, 6) is -0.630. The molecule has 3 rings (SSSR count). The zero-order valence-corrected chi connectivity index (χ0v) is 20.4. The first-order valence-corrected chi connectivity index (χ1v) is 13.0. The average Bonchev–Trinajstić information content (AvgIpc) is 2.81. The third kappa shape index (κ3) is 5.28. The number of nitrogens with two attached hydrogens (primary N) is 1. The minimum Gasteiger partial charge on any atom is -0.493 e. The second kappa shape index (κ2) is 10.9. The van der Waals surface area contributed by atoms with Crippen LogP contribution in [0.2, 0.25) is 0 Å². The number of carbonyl (C=O) groups is 1. The lowest BCUT2D eigenvalue weighted by Gasteiger charge is -2.43. The predicted octanol–water partition coefficient (Wildman–Crippen LogP) is 3.55. The highest BCUT2D eigenvalue weighted by atomic mass is 31.2. The lowest BCUT2D eigenvalue weighted by molar-refractivity contribution is -0.141. The molecule has 2 atom stereocenters. The Hall–Kier alpha value is -2.45. The summed E-state index contributed by atoms with van der Waals surface area (Å²) in [6.07, 6.45) is 0.996. The smallest absolute Gasteiger partial charge is 0.320 e. The Labute approximate surface area is 198 Å². The molecule has 186 valence electrons. The van der Waals surface area contributed by atoms with Crippen LogP contribution in [-0.4, -0.2) is 66.0 Å². The van der Waals surface area contributed by atoms with Crippen LogP contribution in [0.1, 0.15) is 24.8 Å². The van der Waals surface area contributed by atoms with Gasteiger partial charge in [-0.2, -0.15) is 0 Å². The fraction of sp³-hybridized carbons (Fsp3) is 0.458. The second-order valence-electron chi connectivity index (χ2n) is 8.59. The highest BCUT2D eigenvalue weighted by Gasteiger charge is 2.56. The maximum Gasteiger partial charge on any atom is 0.320 e. The van der Waals surface area contributed by atoms with E-state index in [0.717, 1.165) is 5.56 Å². The van der Waals surface area contributed by atoms with Gasteiger partial charge in [-0.3, -0.25) is 14.3 Å². The van der Waals surface area contributed by atoms with Crippen molar-refractivity contribution >= 4 is 13.3 Å². The Kier molecular flexibility index (Phi) is 8.36. The van der Waals surface area contributed by atoms with Gasteiger partial charge in [-0.25, -0.2) is 4.39 Å². The normalized spacial score (nSPS) is 23.0. The molecule has 2 aromatic rings. The van der Waals surface area contributed by atoms with Crippen LogP contribution in [0.25, 0.3) is 11.1 Å². The minimum atomic E-state index is -3.94. The molecule has 0 amide bonds. The Bertz CT molecular complexity index is 1080. The number of hydrogen-bond acceptors (Lipinski definition) is 6. The molecule has 1 aliphatic rings. The second-order valence-corrected chi connectivity index (χ2v) is 11.3. The zero-order chi connectivity index (χ0) is 24.9. The standard InChI is InChI=1S/C24H32FN2O6P/c1-32-21-8-6-17(13-22(21)33-2)20-14-19(25)7-5-18(20)15-27-11-12-34(30,31)24(16-27,23(28)29)9-3-4-10-26/h5-8,13-14H,3-4,9-12,15-16,26H2,1-2H3,(H,28,29)(H,30,31)/t24-/m0/s1. The number of carboxylic acids is 1. The monoisotopic (exact) mass is 494 g/mol. The zero-order valence-electron chi connectivity index (χ0n) is 19.5. The molecule has 0 radical (unpaired) electrons. The van der Waals surface area contributed by atoms with Gasteiger partial charge in [0, 0.05) is 25.8 Å². The number of halogens is 1. The molecular formula is C24H32FN2O6P. The summed E-state index contributed by atoms with van der Waals surface area (Å²) in [6, 6.07) is 9.72. The molecule has 1 aliphatic heterocycles. The number of unbranched alkanes of at least 4 members (excludes halogenated alkanes) is 1. The van der Waals surface area contributed by atoms with E-state index in [-0.39, 0.29) is 25.7 Å². The van der Waals surface area contributed by atoms with Crippen LogP contribution in [0.3, 0.4) is 0 Å². The van der Waals surface area contributed by atoms with E-state index in [1.54, 1.807) is 24.3 Å². The number of rotatable bonds is 10. The molecule has 1 unspecified atom stereocenters. The summed E-state index contributed by atoms with van der Waals surface area (Å²) < 4.78 is 37.9. The van der Waals surface area contributed by atoms with Gasteiger partial charge in [0.2, 0.25) is 7.37 Å². The molecule has 1 saturated heterocycles. The van der Waals surface area contributed by atoms with Crippen LogP contribution in [0.15, 0.2) is 36.4 Å². The SMILES string of the molecule is COc1ccc(-c2cc(F)ccc2CN2CCP(=O)(O)[C@](CCCCN)(C(=O)O)C2)cc1OC. The van der Waals surface area contributed by atoms with Crippen LogP contribution in [0.5, 0.6) is 11.5 Å². The first-order chi connectivity index (χ1) is 16.2. The summed E-state index contributed by atoms with van der Waals surface area (Å²) >= 11 is 0. The van der Waals surface area contributed by atoms with Crippen LogP contribution in [-0.2, 0) is 15.9 Å². The van der Waals surface area contributed by atoms with Gasteiger partial charge < -0.3 is 25.2 Å². The average molecular weight is 495 g/mol. The van der Waals surface area contributed by atoms with E-state index in [4.69, 9.17) is 15.2 Å². The Morgan fingerprint density at radius 3 is 2.56 bits per heavy atom. The molecule has 0 aliphatic carbocycles. The van der Waals surface area contributed by atoms with E-state index in [1.165, 1.54) is 26.4 Å². The van der Waals surface area contributed by atoms with Crippen molar-refractivity contribution in [3.63, 3.8) is 0 Å². The van der Waals surface area contributed by atoms with Gasteiger partial charge in [-0.15, -0.1) is 0 Å². The topological polar surface area (TPSA) is 122 Å². The maximum absolute atomic E-state index is 14.2. The van der Waals surface area contributed by atoms with E-state index in [1.807, 2.05) is 4.90 Å². The van der Waals surface area contributed by atoms with Gasteiger partial charge in [0.1, 0.15) is 5.82 Å². The first-order valence-electron chi connectivity index (χ1n) is 11.2.